The van der Waals surface area contributed by atoms with Gasteiger partial charge in [-0.05, 0) is 26.9 Å². The molecule has 1 saturated heterocycles. The Morgan fingerprint density at radius 3 is 2.76 bits per heavy atom. The van der Waals surface area contributed by atoms with E-state index in [4.69, 9.17) is 5.73 Å². The largest absolute Gasteiger partial charge is 0.345 e. The highest BCUT2D eigenvalue weighted by atomic mass is 16.2. The molecule has 0 aromatic rings. The van der Waals surface area contributed by atoms with Crippen LogP contribution in [-0.2, 0) is 4.79 Å². The lowest BCUT2D eigenvalue weighted by Crippen LogP contribution is -2.53. The average Bonchev–Trinajstić information content (AvgIpc) is 2.29. The summed E-state index contributed by atoms with van der Waals surface area (Å²) in [4.78, 5) is 18.3. The monoisotopic (exact) mass is 242 g/mol. The number of carbonyl (C=O) groups is 1. The molecule has 1 unspecified atom stereocenters. The molecule has 1 heterocycles. The van der Waals surface area contributed by atoms with Gasteiger partial charge in [0.1, 0.15) is 0 Å². The molecule has 0 bridgehead atoms. The van der Waals surface area contributed by atoms with Crippen LogP contribution in [0.5, 0.6) is 0 Å². The van der Waals surface area contributed by atoms with Crippen molar-refractivity contribution in [2.45, 2.75) is 19.4 Å². The minimum absolute atomic E-state index is 0.204. The highest BCUT2D eigenvalue weighted by Gasteiger charge is 2.24. The first-order valence-corrected chi connectivity index (χ1v) is 6.41. The second-order valence-electron chi connectivity index (χ2n) is 5.04. The standard InChI is InChI=1S/C12H26N4O/c1-11-9-14(2)7-8-16(11)10-12(17)15(3)6-4-5-13/h11H,4-10,13H2,1-3H3. The predicted molar refractivity (Wildman–Crippen MR) is 69.8 cm³/mol. The molecule has 17 heavy (non-hydrogen) atoms. The molecule has 1 fully saturated rings. The average molecular weight is 242 g/mol. The van der Waals surface area contributed by atoms with Gasteiger partial charge in [0.15, 0.2) is 0 Å². The number of carbonyl (C=O) groups excluding carboxylic acids is 1. The van der Waals surface area contributed by atoms with Crippen LogP contribution in [0.1, 0.15) is 13.3 Å². The summed E-state index contributed by atoms with van der Waals surface area (Å²) >= 11 is 0. The molecule has 0 aromatic carbocycles. The maximum atomic E-state index is 12.0. The Morgan fingerprint density at radius 2 is 2.18 bits per heavy atom. The van der Waals surface area contributed by atoms with Crippen LogP contribution < -0.4 is 5.73 Å². The van der Waals surface area contributed by atoms with E-state index in [0.29, 0.717) is 19.1 Å². The molecule has 5 nitrogen and oxygen atoms in total. The first kappa shape index (κ1) is 14.4. The fraction of sp³-hybridized carbons (Fsp3) is 0.917. The van der Waals surface area contributed by atoms with Crippen molar-refractivity contribution in [3.05, 3.63) is 0 Å². The third kappa shape index (κ3) is 4.61. The van der Waals surface area contributed by atoms with E-state index in [0.717, 1.165) is 32.6 Å². The van der Waals surface area contributed by atoms with E-state index in [1.807, 2.05) is 7.05 Å². The molecule has 100 valence electrons. The third-order valence-electron chi connectivity index (χ3n) is 3.43. The number of rotatable bonds is 5. The lowest BCUT2D eigenvalue weighted by Gasteiger charge is -2.38. The number of nitrogens with two attached hydrogens (primary N) is 1. The second-order valence-corrected chi connectivity index (χ2v) is 5.04. The molecule has 5 heteroatoms. The highest BCUT2D eigenvalue weighted by Crippen LogP contribution is 2.07. The summed E-state index contributed by atoms with van der Waals surface area (Å²) in [7, 11) is 3.99. The number of likely N-dealkylation sites (N-methyl/N-ethyl adjacent to an activating group) is 2. The van der Waals surface area contributed by atoms with Gasteiger partial charge >= 0.3 is 0 Å². The number of piperazine rings is 1. The zero-order valence-corrected chi connectivity index (χ0v) is 11.4. The number of hydrogen-bond acceptors (Lipinski definition) is 4. The topological polar surface area (TPSA) is 52.8 Å². The maximum Gasteiger partial charge on any atom is 0.236 e. The van der Waals surface area contributed by atoms with E-state index in [1.54, 1.807) is 4.90 Å². The summed E-state index contributed by atoms with van der Waals surface area (Å²) in [6, 6.07) is 0.459. The van der Waals surface area contributed by atoms with Gasteiger partial charge in [-0.3, -0.25) is 9.69 Å². The smallest absolute Gasteiger partial charge is 0.236 e. The highest BCUT2D eigenvalue weighted by molar-refractivity contribution is 5.78. The molecule has 1 rings (SSSR count). The van der Waals surface area contributed by atoms with Gasteiger partial charge in [0.25, 0.3) is 0 Å². The van der Waals surface area contributed by atoms with E-state index in [-0.39, 0.29) is 5.91 Å². The van der Waals surface area contributed by atoms with Gasteiger partial charge in [-0.25, -0.2) is 0 Å². The Bertz CT molecular complexity index is 247. The molecule has 0 radical (unpaired) electrons. The summed E-state index contributed by atoms with van der Waals surface area (Å²) in [6.45, 7) is 7.19. The molecule has 1 aliphatic heterocycles. The van der Waals surface area contributed by atoms with E-state index >= 15 is 0 Å². The number of hydrogen-bond donors (Lipinski definition) is 1. The summed E-state index contributed by atoms with van der Waals surface area (Å²) in [5.41, 5.74) is 5.44. The van der Waals surface area contributed by atoms with Crippen LogP contribution in [-0.4, -0.2) is 80.0 Å². The van der Waals surface area contributed by atoms with Gasteiger partial charge in [-0.1, -0.05) is 0 Å². The van der Waals surface area contributed by atoms with Gasteiger partial charge in [-0.15, -0.1) is 0 Å². The van der Waals surface area contributed by atoms with Crippen molar-refractivity contribution in [1.29, 1.82) is 0 Å². The van der Waals surface area contributed by atoms with Crippen LogP contribution in [0.15, 0.2) is 0 Å². The minimum atomic E-state index is 0.204. The van der Waals surface area contributed by atoms with Crippen LogP contribution in [0.2, 0.25) is 0 Å². The Balaban J connectivity index is 2.34. The van der Waals surface area contributed by atoms with Crippen LogP contribution in [0.25, 0.3) is 0 Å². The summed E-state index contributed by atoms with van der Waals surface area (Å²) in [5, 5.41) is 0. The van der Waals surface area contributed by atoms with Crippen LogP contribution in [0.4, 0.5) is 0 Å². The van der Waals surface area contributed by atoms with E-state index in [2.05, 4.69) is 23.8 Å². The van der Waals surface area contributed by atoms with Gasteiger partial charge in [0.2, 0.25) is 5.91 Å². The summed E-state index contributed by atoms with van der Waals surface area (Å²) in [6.07, 6.45) is 0.876. The molecule has 1 aliphatic rings. The van der Waals surface area contributed by atoms with Crippen molar-refractivity contribution in [3.8, 4) is 0 Å². The molecule has 0 aromatic heterocycles. The summed E-state index contributed by atoms with van der Waals surface area (Å²) < 4.78 is 0. The lowest BCUT2D eigenvalue weighted by molar-refractivity contribution is -0.132. The van der Waals surface area contributed by atoms with Gasteiger partial charge in [-0.2, -0.15) is 0 Å². The van der Waals surface area contributed by atoms with Crippen LogP contribution in [0, 0.1) is 0 Å². The van der Waals surface area contributed by atoms with Crippen LogP contribution >= 0.6 is 0 Å². The molecule has 1 amide bonds. The molecule has 0 saturated carbocycles. The van der Waals surface area contributed by atoms with Crippen molar-refractivity contribution in [2.24, 2.45) is 5.73 Å². The fourth-order valence-corrected chi connectivity index (χ4v) is 2.16. The molecule has 0 aliphatic carbocycles. The van der Waals surface area contributed by atoms with Crippen molar-refractivity contribution in [3.63, 3.8) is 0 Å². The summed E-state index contributed by atoms with van der Waals surface area (Å²) in [5.74, 6) is 0.204. The Hall–Kier alpha value is -0.650. The van der Waals surface area contributed by atoms with E-state index in [1.165, 1.54) is 0 Å². The van der Waals surface area contributed by atoms with Gasteiger partial charge in [0, 0.05) is 39.3 Å². The van der Waals surface area contributed by atoms with Crippen molar-refractivity contribution >= 4 is 5.91 Å². The van der Waals surface area contributed by atoms with E-state index in [9.17, 15) is 4.79 Å². The minimum Gasteiger partial charge on any atom is -0.345 e. The molecular formula is C12H26N4O. The van der Waals surface area contributed by atoms with Crippen molar-refractivity contribution < 1.29 is 4.79 Å². The Morgan fingerprint density at radius 1 is 1.47 bits per heavy atom. The molecule has 1 atom stereocenters. The SMILES string of the molecule is CC1CN(C)CCN1CC(=O)N(C)CCCN. The number of nitrogens with zero attached hydrogens (tertiary/aromatic N) is 3. The normalized spacial score (nSPS) is 22.7. The predicted octanol–water partition coefficient (Wildman–Crippen LogP) is -0.570. The second kappa shape index (κ2) is 6.93. The molecular weight excluding hydrogens is 216 g/mol. The Labute approximate surface area is 105 Å². The zero-order chi connectivity index (χ0) is 12.8. The van der Waals surface area contributed by atoms with Crippen molar-refractivity contribution in [2.75, 3.05) is 53.4 Å². The quantitative estimate of drug-likeness (QED) is 0.701. The zero-order valence-electron chi connectivity index (χ0n) is 11.4. The van der Waals surface area contributed by atoms with Gasteiger partial charge < -0.3 is 15.5 Å². The van der Waals surface area contributed by atoms with Crippen LogP contribution in [0.3, 0.4) is 0 Å². The Kier molecular flexibility index (Phi) is 5.88. The van der Waals surface area contributed by atoms with E-state index < -0.39 is 0 Å². The fourth-order valence-electron chi connectivity index (χ4n) is 2.16. The maximum absolute atomic E-state index is 12.0. The molecule has 2 N–H and O–H groups in total. The third-order valence-corrected chi connectivity index (χ3v) is 3.43. The number of amides is 1. The first-order chi connectivity index (χ1) is 8.04. The first-order valence-electron chi connectivity index (χ1n) is 6.41. The van der Waals surface area contributed by atoms with Gasteiger partial charge in [0.05, 0.1) is 6.54 Å². The lowest BCUT2D eigenvalue weighted by atomic mass is 10.2. The van der Waals surface area contributed by atoms with Crippen molar-refractivity contribution in [1.82, 2.24) is 14.7 Å². The molecule has 0 spiro atoms.